The zero-order chi connectivity index (χ0) is 41.0. The van der Waals surface area contributed by atoms with Crippen molar-refractivity contribution < 1.29 is 0 Å². The minimum Gasteiger partial charge on any atom is -0.208 e. The lowest BCUT2D eigenvalue weighted by molar-refractivity contribution is 1.08. The minimum absolute atomic E-state index is 0.643. The Hall–Kier alpha value is -7.57. The lowest BCUT2D eigenvalue weighted by Crippen LogP contribution is -2.00. The Balaban J connectivity index is 0.970. The Bertz CT molecular complexity index is 3610. The quantitative estimate of drug-likeness (QED) is 0.161. The van der Waals surface area contributed by atoms with E-state index in [1.165, 1.54) is 73.9 Å². The largest absolute Gasteiger partial charge is 0.208 e. The average Bonchev–Trinajstić information content (AvgIpc) is 3.93. The zero-order valence-corrected chi connectivity index (χ0v) is 35.0. The topological polar surface area (TPSA) is 38.7 Å². The maximum atomic E-state index is 5.27. The normalized spacial score (nSPS) is 11.5. The molecule has 0 saturated heterocycles. The number of rotatable bonds is 7. The second-order valence-electron chi connectivity index (χ2n) is 15.5. The molecule has 3 nitrogen and oxygen atoms in total. The lowest BCUT2D eigenvalue weighted by atomic mass is 9.92. The van der Waals surface area contributed by atoms with Gasteiger partial charge in [-0.3, -0.25) is 0 Å². The van der Waals surface area contributed by atoms with Gasteiger partial charge >= 0.3 is 0 Å². The van der Waals surface area contributed by atoms with Crippen molar-refractivity contribution in [3.63, 3.8) is 0 Å². The molecule has 3 aromatic heterocycles. The van der Waals surface area contributed by atoms with Crippen LogP contribution in [0.2, 0.25) is 0 Å². The highest BCUT2D eigenvalue weighted by atomic mass is 32.1. The van der Waals surface area contributed by atoms with Gasteiger partial charge in [-0.05, 0) is 74.8 Å². The highest BCUT2D eigenvalue weighted by Crippen LogP contribution is 2.44. The van der Waals surface area contributed by atoms with Crippen molar-refractivity contribution in [2.75, 3.05) is 0 Å². The first-order valence-corrected chi connectivity index (χ1v) is 22.4. The molecule has 12 aromatic rings. The van der Waals surface area contributed by atoms with Gasteiger partial charge in [-0.2, -0.15) is 0 Å². The summed E-state index contributed by atoms with van der Waals surface area (Å²) in [5.74, 6) is 1.94. The minimum atomic E-state index is 0.643. The van der Waals surface area contributed by atoms with Crippen LogP contribution in [0.25, 0.3) is 119 Å². The molecule has 0 unspecified atom stereocenters. The summed E-state index contributed by atoms with van der Waals surface area (Å²) in [5, 5.41) is 4.94. The second-order valence-corrected chi connectivity index (χ2v) is 17.7. The van der Waals surface area contributed by atoms with Crippen LogP contribution in [0.4, 0.5) is 0 Å². The van der Waals surface area contributed by atoms with Crippen molar-refractivity contribution in [3.05, 3.63) is 212 Å². The molecular formula is C57H35N3S2. The van der Waals surface area contributed by atoms with Crippen LogP contribution >= 0.6 is 22.7 Å². The summed E-state index contributed by atoms with van der Waals surface area (Å²) < 4.78 is 5.02. The van der Waals surface area contributed by atoms with E-state index in [4.69, 9.17) is 15.0 Å². The molecule has 0 aliphatic carbocycles. The third-order valence-corrected chi connectivity index (χ3v) is 14.1. The van der Waals surface area contributed by atoms with Crippen LogP contribution in [0, 0.1) is 0 Å². The van der Waals surface area contributed by atoms with Crippen molar-refractivity contribution in [2.45, 2.75) is 0 Å². The molecule has 5 heteroatoms. The molecule has 0 atom stereocenters. The number of fused-ring (bicyclic) bond motifs is 6. The van der Waals surface area contributed by atoms with Gasteiger partial charge in [0.2, 0.25) is 0 Å². The maximum absolute atomic E-state index is 5.27. The molecular weight excluding hydrogens is 791 g/mol. The predicted octanol–water partition coefficient (Wildman–Crippen LogP) is 16.3. The molecule has 0 aliphatic rings. The molecule has 0 N–H and O–H groups in total. The molecule has 290 valence electrons. The van der Waals surface area contributed by atoms with Crippen LogP contribution in [-0.2, 0) is 0 Å². The molecule has 9 aromatic carbocycles. The van der Waals surface area contributed by atoms with E-state index in [0.717, 1.165) is 27.6 Å². The molecule has 0 amide bonds. The third-order valence-electron chi connectivity index (χ3n) is 11.8. The van der Waals surface area contributed by atoms with Gasteiger partial charge in [0.1, 0.15) is 0 Å². The van der Waals surface area contributed by atoms with E-state index < -0.39 is 0 Å². The van der Waals surface area contributed by atoms with Crippen LogP contribution in [0.15, 0.2) is 212 Å². The van der Waals surface area contributed by atoms with Gasteiger partial charge < -0.3 is 0 Å². The third kappa shape index (κ3) is 6.38. The number of aromatic nitrogens is 3. The molecule has 3 heterocycles. The van der Waals surface area contributed by atoms with Gasteiger partial charge in [-0.25, -0.2) is 15.0 Å². The number of thiophene rings is 2. The van der Waals surface area contributed by atoms with Crippen molar-refractivity contribution >= 4 is 63.0 Å². The lowest BCUT2D eigenvalue weighted by Gasteiger charge is -2.12. The molecule has 0 fully saturated rings. The molecule has 0 radical (unpaired) electrons. The maximum Gasteiger partial charge on any atom is 0.164 e. The smallest absolute Gasteiger partial charge is 0.164 e. The standard InChI is InChI=1S/C57H35N3S2/c1-3-13-36(14-4-1)37-25-27-38(28-26-37)43-17-7-8-18-44(43)42-33-34-50-48(35-42)54-47(21-12-24-52(54)62-50)57-59-55(40-15-5-2-6-16-40)58-56(60-57)41-31-29-39(30-32-41)45-20-11-23-51-53(45)46-19-9-10-22-49(46)61-51/h1-35H. The molecule has 12 rings (SSSR count). The monoisotopic (exact) mass is 825 g/mol. The number of hydrogen-bond donors (Lipinski definition) is 0. The Morgan fingerprint density at radius 1 is 0.242 bits per heavy atom. The van der Waals surface area contributed by atoms with E-state index >= 15 is 0 Å². The van der Waals surface area contributed by atoms with E-state index in [0.29, 0.717) is 17.5 Å². The van der Waals surface area contributed by atoms with Gasteiger partial charge in [0.15, 0.2) is 17.5 Å². The SMILES string of the molecule is c1ccc(-c2ccc(-c3ccccc3-c3ccc4sc5cccc(-c6nc(-c7ccccc7)nc(-c7ccc(-c8cccc9sc%10ccccc%10c89)cc7)n6)c5c4c3)cc2)cc1. The number of hydrogen-bond acceptors (Lipinski definition) is 5. The highest BCUT2D eigenvalue weighted by molar-refractivity contribution is 7.26. The van der Waals surface area contributed by atoms with Crippen LogP contribution in [0.1, 0.15) is 0 Å². The fraction of sp³-hybridized carbons (Fsp3) is 0. The van der Waals surface area contributed by atoms with Gasteiger partial charge in [0, 0.05) is 57.0 Å². The second kappa shape index (κ2) is 15.2. The predicted molar refractivity (Wildman–Crippen MR) is 264 cm³/mol. The Kier molecular flexibility index (Phi) is 8.87. The molecule has 62 heavy (non-hydrogen) atoms. The fourth-order valence-corrected chi connectivity index (χ4v) is 11.0. The van der Waals surface area contributed by atoms with Crippen molar-refractivity contribution in [3.8, 4) is 78.7 Å². The van der Waals surface area contributed by atoms with Crippen LogP contribution in [0.5, 0.6) is 0 Å². The van der Waals surface area contributed by atoms with Gasteiger partial charge in [-0.15, -0.1) is 22.7 Å². The van der Waals surface area contributed by atoms with E-state index in [-0.39, 0.29) is 0 Å². The van der Waals surface area contributed by atoms with Crippen molar-refractivity contribution in [1.29, 1.82) is 0 Å². The van der Waals surface area contributed by atoms with E-state index in [2.05, 4.69) is 194 Å². The summed E-state index contributed by atoms with van der Waals surface area (Å²) in [5.41, 5.74) is 12.4. The average molecular weight is 826 g/mol. The summed E-state index contributed by atoms with van der Waals surface area (Å²) in [6, 6.07) is 75.8. The summed E-state index contributed by atoms with van der Waals surface area (Å²) >= 11 is 3.65. The first-order chi connectivity index (χ1) is 30.7. The zero-order valence-electron chi connectivity index (χ0n) is 33.4. The highest BCUT2D eigenvalue weighted by Gasteiger charge is 2.19. The van der Waals surface area contributed by atoms with Gasteiger partial charge in [0.05, 0.1) is 0 Å². The van der Waals surface area contributed by atoms with Gasteiger partial charge in [0.25, 0.3) is 0 Å². The number of benzene rings is 9. The van der Waals surface area contributed by atoms with Crippen LogP contribution in [-0.4, -0.2) is 15.0 Å². The summed E-state index contributed by atoms with van der Waals surface area (Å²) in [4.78, 5) is 15.6. The summed E-state index contributed by atoms with van der Waals surface area (Å²) in [6.45, 7) is 0. The first kappa shape index (κ1) is 36.3. The molecule has 0 aliphatic heterocycles. The van der Waals surface area contributed by atoms with Crippen molar-refractivity contribution in [1.82, 2.24) is 15.0 Å². The summed E-state index contributed by atoms with van der Waals surface area (Å²) in [6.07, 6.45) is 0. The van der Waals surface area contributed by atoms with Crippen LogP contribution in [0.3, 0.4) is 0 Å². The van der Waals surface area contributed by atoms with E-state index in [1.54, 1.807) is 11.3 Å². The molecule has 0 spiro atoms. The fourth-order valence-electron chi connectivity index (χ4n) is 8.80. The van der Waals surface area contributed by atoms with Gasteiger partial charge in [-0.1, -0.05) is 182 Å². The Morgan fingerprint density at radius 3 is 1.35 bits per heavy atom. The Morgan fingerprint density at radius 2 is 0.661 bits per heavy atom. The van der Waals surface area contributed by atoms with E-state index in [1.807, 2.05) is 29.5 Å². The molecule has 0 saturated carbocycles. The number of nitrogens with zero attached hydrogens (tertiary/aromatic N) is 3. The molecule has 0 bridgehead atoms. The van der Waals surface area contributed by atoms with Crippen molar-refractivity contribution in [2.24, 2.45) is 0 Å². The van der Waals surface area contributed by atoms with E-state index in [9.17, 15) is 0 Å². The Labute approximate surface area is 366 Å². The van der Waals surface area contributed by atoms with Crippen LogP contribution < -0.4 is 0 Å². The first-order valence-electron chi connectivity index (χ1n) is 20.8. The summed E-state index contributed by atoms with van der Waals surface area (Å²) in [7, 11) is 0.